The molecular weight excluding hydrogens is 356 g/mol. The zero-order valence-electron chi connectivity index (χ0n) is 15.5. The Balaban J connectivity index is 1.70. The Morgan fingerprint density at radius 2 is 1.71 bits per heavy atom. The molecule has 3 heterocycles. The van der Waals surface area contributed by atoms with Crippen LogP contribution in [0.15, 0.2) is 59.3 Å². The zero-order valence-corrected chi connectivity index (χ0v) is 15.5. The Bertz CT molecular complexity index is 939. The van der Waals surface area contributed by atoms with E-state index >= 15 is 0 Å². The summed E-state index contributed by atoms with van der Waals surface area (Å²) in [6.45, 7) is 1.45. The summed E-state index contributed by atoms with van der Waals surface area (Å²) < 4.78 is 6.76. The minimum atomic E-state index is -0.424. The van der Waals surface area contributed by atoms with E-state index in [1.54, 1.807) is 16.8 Å². The first kappa shape index (κ1) is 18.0. The van der Waals surface area contributed by atoms with Crippen molar-refractivity contribution in [3.63, 3.8) is 0 Å². The number of anilines is 1. The minimum absolute atomic E-state index is 0.112. The molecule has 3 aromatic rings. The number of amides is 2. The fourth-order valence-corrected chi connectivity index (χ4v) is 3.41. The molecule has 0 saturated carbocycles. The zero-order chi connectivity index (χ0) is 19.3. The van der Waals surface area contributed by atoms with E-state index in [1.807, 2.05) is 35.2 Å². The predicted octanol–water partition coefficient (Wildman–Crippen LogP) is 3.73. The van der Waals surface area contributed by atoms with Crippen LogP contribution in [0.25, 0.3) is 5.69 Å². The molecule has 7 heteroatoms. The molecule has 0 radical (unpaired) electrons. The lowest BCUT2D eigenvalue weighted by atomic mass is 10.2. The number of likely N-dealkylation sites (tertiary alicyclic amines) is 1. The number of benzene rings is 1. The highest BCUT2D eigenvalue weighted by Gasteiger charge is 2.26. The Labute approximate surface area is 162 Å². The first-order valence-corrected chi connectivity index (χ1v) is 9.51. The van der Waals surface area contributed by atoms with Crippen LogP contribution in [0, 0.1) is 0 Å². The molecule has 2 aromatic heterocycles. The van der Waals surface area contributed by atoms with Crippen LogP contribution in [0.5, 0.6) is 0 Å². The molecule has 144 valence electrons. The molecule has 4 rings (SSSR count). The Kier molecular flexibility index (Phi) is 5.23. The molecule has 1 fully saturated rings. The van der Waals surface area contributed by atoms with Crippen molar-refractivity contribution in [3.05, 3.63) is 66.2 Å². The molecule has 1 saturated heterocycles. The highest BCUT2D eigenvalue weighted by atomic mass is 16.3. The van der Waals surface area contributed by atoms with Crippen molar-refractivity contribution in [1.29, 1.82) is 0 Å². The average Bonchev–Trinajstić information content (AvgIpc) is 3.32. The van der Waals surface area contributed by atoms with E-state index in [-0.39, 0.29) is 11.7 Å². The van der Waals surface area contributed by atoms with Gasteiger partial charge in [-0.05, 0) is 37.1 Å². The third-order valence-corrected chi connectivity index (χ3v) is 4.87. The van der Waals surface area contributed by atoms with Crippen LogP contribution < -0.4 is 5.32 Å². The minimum Gasteiger partial charge on any atom is -0.459 e. The summed E-state index contributed by atoms with van der Waals surface area (Å²) in [6, 6.07) is 12.6. The van der Waals surface area contributed by atoms with Gasteiger partial charge in [0, 0.05) is 13.1 Å². The van der Waals surface area contributed by atoms with E-state index in [0.717, 1.165) is 44.5 Å². The summed E-state index contributed by atoms with van der Waals surface area (Å²) in [5.74, 6) is -0.0118. The van der Waals surface area contributed by atoms with Crippen LogP contribution >= 0.6 is 0 Å². The molecule has 1 aliphatic heterocycles. The van der Waals surface area contributed by atoms with Gasteiger partial charge in [-0.3, -0.25) is 9.59 Å². The monoisotopic (exact) mass is 378 g/mol. The van der Waals surface area contributed by atoms with Gasteiger partial charge in [-0.25, -0.2) is 4.68 Å². The number of hydrogen-bond donors (Lipinski definition) is 1. The number of aromatic nitrogens is 2. The largest absolute Gasteiger partial charge is 0.459 e. The number of carbonyl (C=O) groups is 2. The van der Waals surface area contributed by atoms with Crippen molar-refractivity contribution in [2.45, 2.75) is 25.7 Å². The van der Waals surface area contributed by atoms with Crippen LogP contribution in [-0.2, 0) is 0 Å². The molecule has 1 aliphatic rings. The molecule has 0 unspecified atom stereocenters. The smallest absolute Gasteiger partial charge is 0.292 e. The number of nitrogens with zero attached hydrogens (tertiary/aromatic N) is 3. The van der Waals surface area contributed by atoms with E-state index in [1.165, 1.54) is 12.5 Å². The number of furan rings is 1. The van der Waals surface area contributed by atoms with Gasteiger partial charge in [0.05, 0.1) is 18.1 Å². The van der Waals surface area contributed by atoms with Crippen molar-refractivity contribution in [3.8, 4) is 5.69 Å². The maximum absolute atomic E-state index is 13.2. The predicted molar refractivity (Wildman–Crippen MR) is 105 cm³/mol. The summed E-state index contributed by atoms with van der Waals surface area (Å²) in [4.78, 5) is 27.6. The number of rotatable bonds is 4. The SMILES string of the molecule is O=C(Nc1c(C(=O)N2CCCCCC2)cnn1-c1ccccc1)c1ccco1. The second kappa shape index (κ2) is 8.12. The van der Waals surface area contributed by atoms with Gasteiger partial charge in [0.15, 0.2) is 5.76 Å². The molecule has 0 atom stereocenters. The van der Waals surface area contributed by atoms with E-state index < -0.39 is 5.91 Å². The van der Waals surface area contributed by atoms with Crippen molar-refractivity contribution < 1.29 is 14.0 Å². The van der Waals surface area contributed by atoms with Crippen LogP contribution in [-0.4, -0.2) is 39.6 Å². The van der Waals surface area contributed by atoms with Crippen LogP contribution in [0.4, 0.5) is 5.82 Å². The van der Waals surface area contributed by atoms with E-state index in [0.29, 0.717) is 11.4 Å². The number of para-hydroxylation sites is 1. The molecule has 1 N–H and O–H groups in total. The molecule has 28 heavy (non-hydrogen) atoms. The van der Waals surface area contributed by atoms with Crippen LogP contribution in [0.2, 0.25) is 0 Å². The van der Waals surface area contributed by atoms with Crippen molar-refractivity contribution in [1.82, 2.24) is 14.7 Å². The molecule has 1 aromatic carbocycles. The van der Waals surface area contributed by atoms with Crippen molar-refractivity contribution in [2.75, 3.05) is 18.4 Å². The van der Waals surface area contributed by atoms with Gasteiger partial charge in [-0.1, -0.05) is 31.0 Å². The highest BCUT2D eigenvalue weighted by molar-refractivity contribution is 6.07. The fraction of sp³-hybridized carbons (Fsp3) is 0.286. The fourth-order valence-electron chi connectivity index (χ4n) is 3.41. The summed E-state index contributed by atoms with van der Waals surface area (Å²) in [5, 5.41) is 7.20. The summed E-state index contributed by atoms with van der Waals surface area (Å²) in [7, 11) is 0. The van der Waals surface area contributed by atoms with Crippen LogP contribution in [0.3, 0.4) is 0 Å². The Morgan fingerprint density at radius 3 is 2.39 bits per heavy atom. The molecule has 0 bridgehead atoms. The third kappa shape index (κ3) is 3.69. The van der Waals surface area contributed by atoms with Crippen LogP contribution in [0.1, 0.15) is 46.6 Å². The first-order valence-electron chi connectivity index (χ1n) is 9.51. The maximum atomic E-state index is 13.2. The lowest BCUT2D eigenvalue weighted by molar-refractivity contribution is 0.0762. The van der Waals surface area contributed by atoms with Gasteiger partial charge < -0.3 is 14.6 Å². The number of hydrogen-bond acceptors (Lipinski definition) is 4. The van der Waals surface area contributed by atoms with E-state index in [2.05, 4.69) is 10.4 Å². The van der Waals surface area contributed by atoms with Crippen molar-refractivity contribution in [2.24, 2.45) is 0 Å². The maximum Gasteiger partial charge on any atom is 0.292 e. The number of carbonyl (C=O) groups excluding carboxylic acids is 2. The van der Waals surface area contributed by atoms with Crippen molar-refractivity contribution >= 4 is 17.6 Å². The molecule has 0 aliphatic carbocycles. The summed E-state index contributed by atoms with van der Waals surface area (Å²) in [5.41, 5.74) is 1.14. The van der Waals surface area contributed by atoms with Gasteiger partial charge in [0.2, 0.25) is 0 Å². The quantitative estimate of drug-likeness (QED) is 0.750. The van der Waals surface area contributed by atoms with Gasteiger partial charge >= 0.3 is 0 Å². The summed E-state index contributed by atoms with van der Waals surface area (Å²) in [6.07, 6.45) is 7.22. The molecular formula is C21H22N4O3. The van der Waals surface area contributed by atoms with Gasteiger partial charge in [0.25, 0.3) is 11.8 Å². The van der Waals surface area contributed by atoms with Gasteiger partial charge in [0.1, 0.15) is 11.4 Å². The molecule has 2 amide bonds. The normalized spacial score (nSPS) is 14.5. The van der Waals surface area contributed by atoms with E-state index in [9.17, 15) is 9.59 Å². The lowest BCUT2D eigenvalue weighted by Crippen LogP contribution is -2.32. The second-order valence-corrected chi connectivity index (χ2v) is 6.79. The Hall–Kier alpha value is -3.35. The lowest BCUT2D eigenvalue weighted by Gasteiger charge is -2.20. The summed E-state index contributed by atoms with van der Waals surface area (Å²) >= 11 is 0. The first-order chi connectivity index (χ1) is 13.7. The standard InChI is InChI=1S/C21H22N4O3/c26-20(18-11-8-14-28-18)23-19-17(21(27)24-12-6-1-2-7-13-24)15-22-25(19)16-9-4-3-5-10-16/h3-5,8-11,14-15H,1-2,6-7,12-13H2,(H,23,26). The molecule has 0 spiro atoms. The second-order valence-electron chi connectivity index (χ2n) is 6.79. The Morgan fingerprint density at radius 1 is 0.964 bits per heavy atom. The van der Waals surface area contributed by atoms with Gasteiger partial charge in [-0.2, -0.15) is 5.10 Å². The number of nitrogens with one attached hydrogen (secondary N) is 1. The average molecular weight is 378 g/mol. The highest BCUT2D eigenvalue weighted by Crippen LogP contribution is 2.24. The van der Waals surface area contributed by atoms with E-state index in [4.69, 9.17) is 4.42 Å². The topological polar surface area (TPSA) is 80.4 Å². The third-order valence-electron chi connectivity index (χ3n) is 4.87. The molecule has 7 nitrogen and oxygen atoms in total. The van der Waals surface area contributed by atoms with Gasteiger partial charge in [-0.15, -0.1) is 0 Å².